The maximum Gasteiger partial charge on any atom is 0.416 e. The first-order chi connectivity index (χ1) is 19.2. The molecule has 2 heterocycles. The van der Waals surface area contributed by atoms with Crippen LogP contribution in [0.2, 0.25) is 0 Å². The molecule has 2 saturated heterocycles. The molecule has 2 aliphatic heterocycles. The maximum atomic E-state index is 13.4. The van der Waals surface area contributed by atoms with Gasteiger partial charge in [-0.05, 0) is 42.7 Å². The molecule has 3 atom stereocenters. The average molecular weight is 586 g/mol. The van der Waals surface area contributed by atoms with E-state index in [0.29, 0.717) is 57.8 Å². The second-order valence-corrected chi connectivity index (χ2v) is 10.6. The first kappa shape index (κ1) is 30.8. The van der Waals surface area contributed by atoms with Gasteiger partial charge in [0.2, 0.25) is 11.8 Å². The largest absolute Gasteiger partial charge is 0.416 e. The second-order valence-electron chi connectivity index (χ2n) is 10.6. The zero-order chi connectivity index (χ0) is 29.9. The van der Waals surface area contributed by atoms with Crippen molar-refractivity contribution in [3.8, 4) is 0 Å². The lowest BCUT2D eigenvalue weighted by atomic mass is 9.87. The number of hydrogen-bond donors (Lipinski definition) is 0. The lowest BCUT2D eigenvalue weighted by Gasteiger charge is -2.41. The SMILES string of the molecule is CC(=O)N1CCN(CC(=O)N2CC[C@H](O[C@H](C)c3cc(C(F)(F)F)cc(C(F)(F)F)c3)[C@H](c3ccccc3)C2)CC1. The van der Waals surface area contributed by atoms with Gasteiger partial charge in [-0.25, -0.2) is 0 Å². The van der Waals surface area contributed by atoms with E-state index in [9.17, 15) is 35.9 Å². The maximum absolute atomic E-state index is 13.4. The number of halogens is 6. The Kier molecular flexibility index (Phi) is 9.32. The van der Waals surface area contributed by atoms with Gasteiger partial charge >= 0.3 is 12.4 Å². The quantitative estimate of drug-likeness (QED) is 0.429. The van der Waals surface area contributed by atoms with Crippen molar-refractivity contribution >= 4 is 11.8 Å². The summed E-state index contributed by atoms with van der Waals surface area (Å²) in [7, 11) is 0. The molecule has 0 radical (unpaired) electrons. The molecule has 0 spiro atoms. The Hall–Kier alpha value is -3.12. The third kappa shape index (κ3) is 7.79. The number of piperidine rings is 1. The van der Waals surface area contributed by atoms with Crippen molar-refractivity contribution in [2.24, 2.45) is 0 Å². The summed E-state index contributed by atoms with van der Waals surface area (Å²) in [5, 5.41) is 0. The second kappa shape index (κ2) is 12.4. The molecular formula is C29H33F6N3O3. The molecule has 4 rings (SSSR count). The smallest absolute Gasteiger partial charge is 0.370 e. The molecule has 0 aromatic heterocycles. The lowest BCUT2D eigenvalue weighted by Crippen LogP contribution is -2.53. The number of nitrogens with zero attached hydrogens (tertiary/aromatic N) is 3. The van der Waals surface area contributed by atoms with Crippen molar-refractivity contribution in [1.29, 1.82) is 0 Å². The van der Waals surface area contributed by atoms with Gasteiger partial charge in [-0.1, -0.05) is 30.3 Å². The summed E-state index contributed by atoms with van der Waals surface area (Å²) < 4.78 is 86.7. The van der Waals surface area contributed by atoms with E-state index in [-0.39, 0.29) is 35.9 Å². The number of amides is 2. The molecule has 2 aliphatic rings. The first-order valence-electron chi connectivity index (χ1n) is 13.5. The van der Waals surface area contributed by atoms with E-state index < -0.39 is 35.7 Å². The summed E-state index contributed by atoms with van der Waals surface area (Å²) in [6.07, 6.45) is -11.1. The molecule has 12 heteroatoms. The zero-order valence-corrected chi connectivity index (χ0v) is 22.8. The Bertz CT molecular complexity index is 1180. The Morgan fingerprint density at radius 1 is 0.878 bits per heavy atom. The van der Waals surface area contributed by atoms with Gasteiger partial charge in [-0.3, -0.25) is 14.5 Å². The number of ether oxygens (including phenoxy) is 1. The van der Waals surface area contributed by atoms with Crippen LogP contribution < -0.4 is 0 Å². The van der Waals surface area contributed by atoms with Crippen molar-refractivity contribution in [3.05, 3.63) is 70.8 Å². The van der Waals surface area contributed by atoms with E-state index in [1.54, 1.807) is 9.80 Å². The standard InChI is InChI=1S/C29H33F6N3O3/c1-19(22-14-23(28(30,31)32)16-24(15-22)29(33,34)35)41-26-8-9-38(17-25(26)21-6-4-3-5-7-21)27(40)18-36-10-12-37(13-11-36)20(2)39/h3-7,14-16,19,25-26H,8-13,17-18H2,1-2H3/t19-,25+,26+/m1/s1. The van der Waals surface area contributed by atoms with Crippen molar-refractivity contribution < 1.29 is 40.7 Å². The number of benzene rings is 2. The molecule has 224 valence electrons. The fourth-order valence-corrected chi connectivity index (χ4v) is 5.41. The van der Waals surface area contributed by atoms with Crippen LogP contribution in [0.1, 0.15) is 54.5 Å². The Labute approximate surface area is 234 Å². The van der Waals surface area contributed by atoms with Crippen molar-refractivity contribution in [2.75, 3.05) is 45.8 Å². The molecule has 2 fully saturated rings. The molecular weight excluding hydrogens is 552 g/mol. The topological polar surface area (TPSA) is 53.1 Å². The van der Waals surface area contributed by atoms with Crippen LogP contribution in [0.25, 0.3) is 0 Å². The van der Waals surface area contributed by atoms with Crippen LogP contribution in [0.3, 0.4) is 0 Å². The van der Waals surface area contributed by atoms with Crippen molar-refractivity contribution in [1.82, 2.24) is 14.7 Å². The summed E-state index contributed by atoms with van der Waals surface area (Å²) >= 11 is 0. The number of carbonyl (C=O) groups is 2. The van der Waals surface area contributed by atoms with Crippen LogP contribution >= 0.6 is 0 Å². The number of rotatable bonds is 6. The van der Waals surface area contributed by atoms with E-state index >= 15 is 0 Å². The highest BCUT2D eigenvalue weighted by atomic mass is 19.4. The van der Waals surface area contributed by atoms with E-state index in [1.807, 2.05) is 35.2 Å². The highest BCUT2D eigenvalue weighted by molar-refractivity contribution is 5.78. The van der Waals surface area contributed by atoms with Gasteiger partial charge in [0.25, 0.3) is 0 Å². The highest BCUT2D eigenvalue weighted by Crippen LogP contribution is 2.39. The van der Waals surface area contributed by atoms with Gasteiger partial charge in [0.15, 0.2) is 0 Å². The Morgan fingerprint density at radius 3 is 2.00 bits per heavy atom. The lowest BCUT2D eigenvalue weighted by molar-refractivity contribution is -0.143. The third-order valence-electron chi connectivity index (χ3n) is 7.76. The van der Waals surface area contributed by atoms with Gasteiger partial charge in [-0.15, -0.1) is 0 Å². The normalized spacial score (nSPS) is 21.6. The van der Waals surface area contributed by atoms with E-state index in [1.165, 1.54) is 13.8 Å². The van der Waals surface area contributed by atoms with E-state index in [2.05, 4.69) is 0 Å². The Balaban J connectivity index is 1.49. The molecule has 2 amide bonds. The molecule has 2 aromatic rings. The van der Waals surface area contributed by atoms with Crippen LogP contribution in [0.5, 0.6) is 0 Å². The molecule has 2 aromatic carbocycles. The third-order valence-corrected chi connectivity index (χ3v) is 7.76. The van der Waals surface area contributed by atoms with Gasteiger partial charge in [0.05, 0.1) is 29.9 Å². The van der Waals surface area contributed by atoms with Crippen LogP contribution in [0, 0.1) is 0 Å². The van der Waals surface area contributed by atoms with E-state index in [0.717, 1.165) is 5.56 Å². The van der Waals surface area contributed by atoms with Gasteiger partial charge < -0.3 is 14.5 Å². The monoisotopic (exact) mass is 585 g/mol. The minimum absolute atomic E-state index is 0.00209. The number of piperazine rings is 1. The minimum atomic E-state index is -4.95. The highest BCUT2D eigenvalue weighted by Gasteiger charge is 2.39. The summed E-state index contributed by atoms with van der Waals surface area (Å²) in [5.74, 6) is -0.419. The van der Waals surface area contributed by atoms with E-state index in [4.69, 9.17) is 4.74 Å². The predicted molar refractivity (Wildman–Crippen MR) is 139 cm³/mol. The summed E-state index contributed by atoms with van der Waals surface area (Å²) in [5.41, 5.74) is -2.14. The predicted octanol–water partition coefficient (Wildman–Crippen LogP) is 5.35. The van der Waals surface area contributed by atoms with Crippen molar-refractivity contribution in [3.63, 3.8) is 0 Å². The van der Waals surface area contributed by atoms with Crippen LogP contribution in [0.15, 0.2) is 48.5 Å². The summed E-state index contributed by atoms with van der Waals surface area (Å²) in [6.45, 7) is 6.05. The van der Waals surface area contributed by atoms with Crippen molar-refractivity contribution in [2.45, 2.75) is 50.7 Å². The number of carbonyl (C=O) groups excluding carboxylic acids is 2. The Morgan fingerprint density at radius 2 is 1.46 bits per heavy atom. The zero-order valence-electron chi connectivity index (χ0n) is 22.8. The fourth-order valence-electron chi connectivity index (χ4n) is 5.41. The molecule has 0 unspecified atom stereocenters. The summed E-state index contributed by atoms with van der Waals surface area (Å²) in [4.78, 5) is 30.3. The number of hydrogen-bond acceptors (Lipinski definition) is 4. The average Bonchev–Trinajstić information content (AvgIpc) is 2.92. The van der Waals surface area contributed by atoms with Crippen LogP contribution in [0.4, 0.5) is 26.3 Å². The molecule has 41 heavy (non-hydrogen) atoms. The minimum Gasteiger partial charge on any atom is -0.370 e. The number of likely N-dealkylation sites (tertiary alicyclic amines) is 1. The molecule has 0 bridgehead atoms. The van der Waals surface area contributed by atoms with Gasteiger partial charge in [-0.2, -0.15) is 26.3 Å². The van der Waals surface area contributed by atoms with Crippen LogP contribution in [-0.4, -0.2) is 78.4 Å². The summed E-state index contributed by atoms with van der Waals surface area (Å²) in [6, 6.07) is 10.7. The van der Waals surface area contributed by atoms with Crippen LogP contribution in [-0.2, 0) is 26.7 Å². The number of alkyl halides is 6. The van der Waals surface area contributed by atoms with Gasteiger partial charge in [0, 0.05) is 52.1 Å². The molecule has 0 saturated carbocycles. The fraction of sp³-hybridized carbons (Fsp3) is 0.517. The molecule has 0 N–H and O–H groups in total. The van der Waals surface area contributed by atoms with Gasteiger partial charge in [0.1, 0.15) is 0 Å². The molecule has 0 aliphatic carbocycles. The first-order valence-corrected chi connectivity index (χ1v) is 13.5. The molecule has 6 nitrogen and oxygen atoms in total.